The fraction of sp³-hybridized carbons (Fsp3) is 0.368. The molecule has 0 aliphatic carbocycles. The molecule has 1 N–H and O–H groups in total. The summed E-state index contributed by atoms with van der Waals surface area (Å²) in [5.41, 5.74) is 2.20. The lowest BCUT2D eigenvalue weighted by Crippen LogP contribution is -2.34. The van der Waals surface area contributed by atoms with Crippen molar-refractivity contribution >= 4 is 28.2 Å². The van der Waals surface area contributed by atoms with Crippen molar-refractivity contribution in [2.75, 3.05) is 6.61 Å². The normalized spacial score (nSPS) is 11.9. The molecule has 1 aromatic heterocycles. The first-order chi connectivity index (χ1) is 12.8. The van der Waals surface area contributed by atoms with Gasteiger partial charge in [-0.3, -0.25) is 14.9 Å². The van der Waals surface area contributed by atoms with Gasteiger partial charge in [0.15, 0.2) is 6.61 Å². The molecule has 0 saturated heterocycles. The van der Waals surface area contributed by atoms with Crippen LogP contribution in [0.5, 0.6) is 0 Å². The summed E-state index contributed by atoms with van der Waals surface area (Å²) in [4.78, 5) is 34.3. The summed E-state index contributed by atoms with van der Waals surface area (Å²) in [5, 5.41) is 13.4. The summed E-state index contributed by atoms with van der Waals surface area (Å²) in [6.45, 7) is 5.62. The number of esters is 1. The van der Waals surface area contributed by atoms with Crippen molar-refractivity contribution in [3.63, 3.8) is 0 Å². The number of hydrogen-bond donors (Lipinski definition) is 1. The number of rotatable bonds is 8. The van der Waals surface area contributed by atoms with Gasteiger partial charge in [0.25, 0.3) is 5.91 Å². The highest BCUT2D eigenvalue weighted by molar-refractivity contribution is 7.17. The minimum atomic E-state index is -0.753. The highest BCUT2D eigenvalue weighted by Gasteiger charge is 2.21. The number of hydrogen-bond acceptors (Lipinski definition) is 6. The molecular formula is C19H22N2O5S. The van der Waals surface area contributed by atoms with Crippen LogP contribution in [-0.2, 0) is 16.0 Å². The van der Waals surface area contributed by atoms with E-state index in [0.29, 0.717) is 11.3 Å². The van der Waals surface area contributed by atoms with Crippen molar-refractivity contribution in [3.05, 3.63) is 62.5 Å². The van der Waals surface area contributed by atoms with Gasteiger partial charge >= 0.3 is 11.0 Å². The fourth-order valence-corrected chi connectivity index (χ4v) is 3.26. The van der Waals surface area contributed by atoms with E-state index in [-0.39, 0.29) is 21.8 Å². The molecule has 1 atom stereocenters. The largest absolute Gasteiger partial charge is 0.451 e. The molecule has 0 spiro atoms. The molecule has 0 radical (unpaired) electrons. The fourth-order valence-electron chi connectivity index (χ4n) is 2.55. The second kappa shape index (κ2) is 9.27. The molecule has 2 aromatic rings. The topological polar surface area (TPSA) is 98.5 Å². The number of carbonyl (C=O) groups excluding carboxylic acids is 2. The van der Waals surface area contributed by atoms with Gasteiger partial charge in [0, 0.05) is 6.07 Å². The highest BCUT2D eigenvalue weighted by atomic mass is 32.1. The van der Waals surface area contributed by atoms with E-state index in [1.54, 1.807) is 0 Å². The van der Waals surface area contributed by atoms with Crippen LogP contribution in [0, 0.1) is 16.0 Å². The lowest BCUT2D eigenvalue weighted by Gasteiger charge is -2.23. The number of thiophene rings is 1. The van der Waals surface area contributed by atoms with Gasteiger partial charge in [0.05, 0.1) is 11.0 Å². The molecule has 0 aliphatic heterocycles. The smallest absolute Gasteiger partial charge is 0.349 e. The van der Waals surface area contributed by atoms with Gasteiger partial charge in [-0.2, -0.15) is 0 Å². The average Bonchev–Trinajstić information content (AvgIpc) is 3.14. The molecule has 8 heteroatoms. The van der Waals surface area contributed by atoms with Gasteiger partial charge in [-0.05, 0) is 29.5 Å². The van der Waals surface area contributed by atoms with Crippen molar-refractivity contribution in [2.24, 2.45) is 5.92 Å². The molecule has 144 valence electrons. The van der Waals surface area contributed by atoms with Crippen LogP contribution < -0.4 is 5.32 Å². The van der Waals surface area contributed by atoms with E-state index in [0.717, 1.165) is 12.0 Å². The van der Waals surface area contributed by atoms with E-state index in [9.17, 15) is 19.7 Å². The summed E-state index contributed by atoms with van der Waals surface area (Å²) >= 11 is 0.715. The number of nitrogens with one attached hydrogen (secondary N) is 1. The number of nitro groups is 1. The van der Waals surface area contributed by atoms with Gasteiger partial charge in [0.1, 0.15) is 4.88 Å². The van der Waals surface area contributed by atoms with E-state index >= 15 is 0 Å². The number of aryl methyl sites for hydroxylation is 1. The number of nitrogens with zero attached hydrogens (tertiary/aromatic N) is 1. The third kappa shape index (κ3) is 5.62. The number of ether oxygens (including phenoxy) is 1. The summed E-state index contributed by atoms with van der Waals surface area (Å²) in [7, 11) is 0. The maximum Gasteiger partial charge on any atom is 0.349 e. The molecule has 1 aromatic carbocycles. The minimum absolute atomic E-state index is 0.0880. The molecule has 27 heavy (non-hydrogen) atoms. The Kier molecular flexibility index (Phi) is 7.06. The van der Waals surface area contributed by atoms with Crippen molar-refractivity contribution in [1.29, 1.82) is 0 Å². The number of benzene rings is 1. The van der Waals surface area contributed by atoms with E-state index in [1.807, 2.05) is 38.1 Å². The van der Waals surface area contributed by atoms with Crippen LogP contribution in [0.15, 0.2) is 36.4 Å². The standard InChI is InChI=1S/C19H22N2O5S/c1-4-13-5-7-14(8-6-13)18(12(2)3)20-16(22)11-26-19(23)15-9-10-17(27-15)21(24)25/h5-10,12,18H,4,11H2,1-3H3,(H,20,22)/t18-/m0/s1. The molecule has 1 amide bonds. The minimum Gasteiger partial charge on any atom is -0.451 e. The van der Waals surface area contributed by atoms with Crippen LogP contribution in [0.3, 0.4) is 0 Å². The first-order valence-electron chi connectivity index (χ1n) is 8.61. The van der Waals surface area contributed by atoms with Gasteiger partial charge in [-0.25, -0.2) is 4.79 Å². The zero-order valence-corrected chi connectivity index (χ0v) is 16.2. The van der Waals surface area contributed by atoms with Crippen molar-refractivity contribution in [2.45, 2.75) is 33.2 Å². The third-order valence-corrected chi connectivity index (χ3v) is 5.05. The van der Waals surface area contributed by atoms with Crippen LogP contribution in [0.1, 0.15) is 47.6 Å². The molecule has 0 fully saturated rings. The van der Waals surface area contributed by atoms with Gasteiger partial charge < -0.3 is 10.1 Å². The average molecular weight is 390 g/mol. The molecular weight excluding hydrogens is 368 g/mol. The lowest BCUT2D eigenvalue weighted by atomic mass is 9.95. The Morgan fingerprint density at radius 3 is 2.37 bits per heavy atom. The van der Waals surface area contributed by atoms with Crippen LogP contribution in [0.2, 0.25) is 0 Å². The summed E-state index contributed by atoms with van der Waals surface area (Å²) in [6.07, 6.45) is 0.940. The molecule has 0 aliphatic rings. The van der Waals surface area contributed by atoms with Crippen molar-refractivity contribution < 1.29 is 19.2 Å². The third-order valence-electron chi connectivity index (χ3n) is 4.04. The first-order valence-corrected chi connectivity index (χ1v) is 9.43. The predicted octanol–water partition coefficient (Wildman–Crippen LogP) is 3.89. The maximum absolute atomic E-state index is 12.2. The van der Waals surface area contributed by atoms with E-state index in [4.69, 9.17) is 4.74 Å². The summed E-state index contributed by atoms with van der Waals surface area (Å²) in [6, 6.07) is 10.4. The Bertz CT molecular complexity index is 814. The number of amides is 1. The van der Waals surface area contributed by atoms with E-state index < -0.39 is 23.4 Å². The molecule has 0 bridgehead atoms. The van der Waals surface area contributed by atoms with E-state index in [2.05, 4.69) is 12.2 Å². The quantitative estimate of drug-likeness (QED) is 0.419. The lowest BCUT2D eigenvalue weighted by molar-refractivity contribution is -0.380. The van der Waals surface area contributed by atoms with Crippen molar-refractivity contribution in [3.8, 4) is 0 Å². The van der Waals surface area contributed by atoms with Gasteiger partial charge in [-0.15, -0.1) is 0 Å². The van der Waals surface area contributed by atoms with E-state index in [1.165, 1.54) is 17.7 Å². The van der Waals surface area contributed by atoms with Crippen LogP contribution in [0.25, 0.3) is 0 Å². The predicted molar refractivity (Wildman–Crippen MR) is 103 cm³/mol. The summed E-state index contributed by atoms with van der Waals surface area (Å²) in [5.74, 6) is -1.03. The SMILES string of the molecule is CCc1ccc([C@@H](NC(=O)COC(=O)c2ccc([N+](=O)[O-])s2)C(C)C)cc1. The first kappa shape index (κ1) is 20.6. The van der Waals surface area contributed by atoms with Crippen LogP contribution >= 0.6 is 11.3 Å². The molecule has 0 unspecified atom stereocenters. The zero-order valence-electron chi connectivity index (χ0n) is 15.4. The van der Waals surface area contributed by atoms with Gasteiger partial charge in [0.2, 0.25) is 0 Å². The number of carbonyl (C=O) groups is 2. The van der Waals surface area contributed by atoms with Crippen LogP contribution in [-0.4, -0.2) is 23.4 Å². The Hall–Kier alpha value is -2.74. The zero-order chi connectivity index (χ0) is 20.0. The molecule has 7 nitrogen and oxygen atoms in total. The highest BCUT2D eigenvalue weighted by Crippen LogP contribution is 2.25. The molecule has 0 saturated carbocycles. The molecule has 1 heterocycles. The van der Waals surface area contributed by atoms with Gasteiger partial charge in [-0.1, -0.05) is 56.4 Å². The Morgan fingerprint density at radius 1 is 1.19 bits per heavy atom. The monoisotopic (exact) mass is 390 g/mol. The maximum atomic E-state index is 12.2. The Balaban J connectivity index is 1.94. The van der Waals surface area contributed by atoms with Crippen LogP contribution in [0.4, 0.5) is 5.00 Å². The Labute approximate surface area is 161 Å². The Morgan fingerprint density at radius 2 is 1.85 bits per heavy atom. The van der Waals surface area contributed by atoms with Crippen molar-refractivity contribution in [1.82, 2.24) is 5.32 Å². The second-order valence-electron chi connectivity index (χ2n) is 6.36. The summed E-state index contributed by atoms with van der Waals surface area (Å²) < 4.78 is 4.97. The second-order valence-corrected chi connectivity index (χ2v) is 7.42. The molecule has 2 rings (SSSR count).